The predicted octanol–water partition coefficient (Wildman–Crippen LogP) is 3.72. The highest BCUT2D eigenvalue weighted by molar-refractivity contribution is 5.35. The van der Waals surface area contributed by atoms with E-state index in [9.17, 15) is 18.9 Å². The molecule has 0 fully saturated rings. The SMILES string of the molecule is CC(NCc1ccc([N+](=O)[O-])c(F)c1)c1cccc(F)c1. The maximum absolute atomic E-state index is 13.5. The molecule has 0 aliphatic carbocycles. The van der Waals surface area contributed by atoms with Crippen LogP contribution in [0.25, 0.3) is 0 Å². The number of benzene rings is 2. The van der Waals surface area contributed by atoms with Crippen molar-refractivity contribution >= 4 is 5.69 Å². The topological polar surface area (TPSA) is 55.2 Å². The standard InChI is InChI=1S/C15H14F2N2O2/c1-10(12-3-2-4-13(16)8-12)18-9-11-5-6-15(19(20)21)14(17)7-11/h2-8,10,18H,9H2,1H3. The van der Waals surface area contributed by atoms with Crippen LogP contribution in [0.2, 0.25) is 0 Å². The van der Waals surface area contributed by atoms with Gasteiger partial charge in [-0.3, -0.25) is 10.1 Å². The Balaban J connectivity index is 2.03. The summed E-state index contributed by atoms with van der Waals surface area (Å²) in [5.41, 5.74) is 0.815. The number of nitrogens with zero attached hydrogens (tertiary/aromatic N) is 1. The molecule has 2 rings (SSSR count). The number of rotatable bonds is 5. The zero-order valence-electron chi connectivity index (χ0n) is 11.3. The van der Waals surface area contributed by atoms with E-state index in [0.717, 1.165) is 17.7 Å². The lowest BCUT2D eigenvalue weighted by atomic mass is 10.1. The second kappa shape index (κ2) is 6.41. The minimum Gasteiger partial charge on any atom is -0.306 e. The Morgan fingerprint density at radius 2 is 2.00 bits per heavy atom. The van der Waals surface area contributed by atoms with Gasteiger partial charge in [0, 0.05) is 18.7 Å². The normalized spacial score (nSPS) is 12.1. The first kappa shape index (κ1) is 15.1. The van der Waals surface area contributed by atoms with Crippen molar-refractivity contribution in [3.05, 3.63) is 75.3 Å². The van der Waals surface area contributed by atoms with E-state index in [4.69, 9.17) is 0 Å². The molecule has 0 saturated heterocycles. The van der Waals surface area contributed by atoms with Gasteiger partial charge in [-0.25, -0.2) is 4.39 Å². The van der Waals surface area contributed by atoms with Gasteiger partial charge in [0.05, 0.1) is 4.92 Å². The van der Waals surface area contributed by atoms with E-state index < -0.39 is 16.4 Å². The van der Waals surface area contributed by atoms with Crippen molar-refractivity contribution in [1.82, 2.24) is 5.32 Å². The second-order valence-corrected chi connectivity index (χ2v) is 4.70. The molecule has 0 aromatic heterocycles. The van der Waals surface area contributed by atoms with Gasteiger partial charge < -0.3 is 5.32 Å². The molecular weight excluding hydrogens is 278 g/mol. The number of hydrogen-bond donors (Lipinski definition) is 1. The molecule has 2 aromatic rings. The van der Waals surface area contributed by atoms with Gasteiger partial charge in [-0.2, -0.15) is 4.39 Å². The molecule has 1 unspecified atom stereocenters. The zero-order chi connectivity index (χ0) is 15.4. The number of nitro benzene ring substituents is 1. The van der Waals surface area contributed by atoms with Crippen LogP contribution in [0.5, 0.6) is 0 Å². The van der Waals surface area contributed by atoms with Crippen LogP contribution in [0.15, 0.2) is 42.5 Å². The van der Waals surface area contributed by atoms with E-state index in [1.54, 1.807) is 12.1 Å². The van der Waals surface area contributed by atoms with Gasteiger partial charge in [0.2, 0.25) is 5.82 Å². The van der Waals surface area contributed by atoms with Crippen molar-refractivity contribution in [2.75, 3.05) is 0 Å². The maximum Gasteiger partial charge on any atom is 0.304 e. The fourth-order valence-electron chi connectivity index (χ4n) is 1.97. The molecule has 1 N–H and O–H groups in total. The van der Waals surface area contributed by atoms with Gasteiger partial charge in [-0.1, -0.05) is 18.2 Å². The maximum atomic E-state index is 13.5. The molecule has 21 heavy (non-hydrogen) atoms. The number of nitrogens with one attached hydrogen (secondary N) is 1. The zero-order valence-corrected chi connectivity index (χ0v) is 11.3. The lowest BCUT2D eigenvalue weighted by Gasteiger charge is -2.14. The largest absolute Gasteiger partial charge is 0.306 e. The van der Waals surface area contributed by atoms with Crippen LogP contribution in [-0.2, 0) is 6.54 Å². The average Bonchev–Trinajstić information content (AvgIpc) is 2.44. The third-order valence-electron chi connectivity index (χ3n) is 3.17. The highest BCUT2D eigenvalue weighted by Crippen LogP contribution is 2.19. The smallest absolute Gasteiger partial charge is 0.304 e. The Morgan fingerprint density at radius 3 is 2.62 bits per heavy atom. The molecule has 2 aromatic carbocycles. The number of hydrogen-bond acceptors (Lipinski definition) is 3. The quantitative estimate of drug-likeness (QED) is 0.675. The highest BCUT2D eigenvalue weighted by atomic mass is 19.1. The third-order valence-corrected chi connectivity index (χ3v) is 3.17. The Labute approximate surface area is 120 Å². The minimum absolute atomic E-state index is 0.126. The van der Waals surface area contributed by atoms with E-state index in [2.05, 4.69) is 5.32 Å². The summed E-state index contributed by atoms with van der Waals surface area (Å²) in [7, 11) is 0. The summed E-state index contributed by atoms with van der Waals surface area (Å²) in [5, 5.41) is 13.6. The minimum atomic E-state index is -0.863. The molecule has 0 radical (unpaired) electrons. The van der Waals surface area contributed by atoms with Crippen molar-refractivity contribution in [3.8, 4) is 0 Å². The molecule has 110 valence electrons. The average molecular weight is 292 g/mol. The monoisotopic (exact) mass is 292 g/mol. The van der Waals surface area contributed by atoms with Crippen LogP contribution < -0.4 is 5.32 Å². The van der Waals surface area contributed by atoms with Crippen LogP contribution >= 0.6 is 0 Å². The van der Waals surface area contributed by atoms with Crippen molar-refractivity contribution in [2.24, 2.45) is 0 Å². The van der Waals surface area contributed by atoms with Crippen molar-refractivity contribution in [2.45, 2.75) is 19.5 Å². The van der Waals surface area contributed by atoms with Gasteiger partial charge in [0.25, 0.3) is 0 Å². The fraction of sp³-hybridized carbons (Fsp3) is 0.200. The Bertz CT molecular complexity index is 662. The molecule has 0 heterocycles. The number of halogens is 2. The molecular formula is C15H14F2N2O2. The predicted molar refractivity (Wildman–Crippen MR) is 74.7 cm³/mol. The molecule has 6 heteroatoms. The van der Waals surface area contributed by atoms with Gasteiger partial charge in [-0.05, 0) is 36.2 Å². The van der Waals surface area contributed by atoms with Crippen LogP contribution in [0.3, 0.4) is 0 Å². The van der Waals surface area contributed by atoms with Gasteiger partial charge >= 0.3 is 5.69 Å². The van der Waals surface area contributed by atoms with Crippen LogP contribution in [0, 0.1) is 21.7 Å². The molecule has 0 amide bonds. The molecule has 0 aliphatic heterocycles. The second-order valence-electron chi connectivity index (χ2n) is 4.70. The lowest BCUT2D eigenvalue weighted by Crippen LogP contribution is -2.18. The fourth-order valence-corrected chi connectivity index (χ4v) is 1.97. The third kappa shape index (κ3) is 3.82. The summed E-state index contributed by atoms with van der Waals surface area (Å²) < 4.78 is 26.6. The van der Waals surface area contributed by atoms with Gasteiger partial charge in [0.15, 0.2) is 0 Å². The summed E-state index contributed by atoms with van der Waals surface area (Å²) in [6, 6.07) is 9.83. The van der Waals surface area contributed by atoms with Crippen LogP contribution in [0.1, 0.15) is 24.1 Å². The van der Waals surface area contributed by atoms with Crippen LogP contribution in [0.4, 0.5) is 14.5 Å². The molecule has 4 nitrogen and oxygen atoms in total. The first-order valence-electron chi connectivity index (χ1n) is 6.39. The molecule has 0 spiro atoms. The highest BCUT2D eigenvalue weighted by Gasteiger charge is 2.14. The van der Waals surface area contributed by atoms with E-state index in [-0.39, 0.29) is 11.9 Å². The van der Waals surface area contributed by atoms with Crippen molar-refractivity contribution in [3.63, 3.8) is 0 Å². The van der Waals surface area contributed by atoms with Crippen molar-refractivity contribution in [1.29, 1.82) is 0 Å². The Kier molecular flexibility index (Phi) is 4.59. The number of nitro groups is 1. The van der Waals surface area contributed by atoms with Gasteiger partial charge in [0.1, 0.15) is 5.82 Å². The Morgan fingerprint density at radius 1 is 1.24 bits per heavy atom. The summed E-state index contributed by atoms with van der Waals surface area (Å²) in [4.78, 5) is 9.77. The van der Waals surface area contributed by atoms with E-state index >= 15 is 0 Å². The van der Waals surface area contributed by atoms with Crippen molar-refractivity contribution < 1.29 is 13.7 Å². The summed E-state index contributed by atoms with van der Waals surface area (Å²) in [6.07, 6.45) is 0. The summed E-state index contributed by atoms with van der Waals surface area (Å²) in [5.74, 6) is -1.18. The summed E-state index contributed by atoms with van der Waals surface area (Å²) in [6.45, 7) is 2.18. The molecule has 0 bridgehead atoms. The molecule has 0 aliphatic rings. The van der Waals surface area contributed by atoms with E-state index in [1.807, 2.05) is 6.92 Å². The van der Waals surface area contributed by atoms with E-state index in [0.29, 0.717) is 12.1 Å². The van der Waals surface area contributed by atoms with Gasteiger partial charge in [-0.15, -0.1) is 0 Å². The molecule has 0 saturated carbocycles. The van der Waals surface area contributed by atoms with E-state index in [1.165, 1.54) is 18.2 Å². The first-order valence-corrected chi connectivity index (χ1v) is 6.39. The summed E-state index contributed by atoms with van der Waals surface area (Å²) >= 11 is 0. The first-order chi connectivity index (χ1) is 9.97. The van der Waals surface area contributed by atoms with Crippen LogP contribution in [-0.4, -0.2) is 4.92 Å². The molecule has 1 atom stereocenters. The Hall–Kier alpha value is -2.34. The lowest BCUT2D eigenvalue weighted by molar-refractivity contribution is -0.387.